The lowest BCUT2D eigenvalue weighted by Gasteiger charge is -2.18. The molecule has 0 saturated carbocycles. The van der Waals surface area contributed by atoms with Crippen LogP contribution in [0, 0.1) is 6.92 Å². The predicted octanol–water partition coefficient (Wildman–Crippen LogP) is 1.71. The number of aromatic carboxylic acids is 1. The molecule has 2 N–H and O–H groups in total. The topological polar surface area (TPSA) is 60.8 Å². The van der Waals surface area contributed by atoms with Gasteiger partial charge in [-0.2, -0.15) is 0 Å². The molecule has 1 atom stereocenters. The molecule has 0 spiro atoms. The van der Waals surface area contributed by atoms with Crippen LogP contribution in [0.3, 0.4) is 0 Å². The molecule has 4 nitrogen and oxygen atoms in total. The number of nitrogens with zero attached hydrogens (tertiary/aromatic N) is 1. The Balaban J connectivity index is 2.07. The highest BCUT2D eigenvalue weighted by Crippen LogP contribution is 2.26. The second-order valence-corrected chi connectivity index (χ2v) is 6.21. The monoisotopic (exact) mass is 255 g/mol. The van der Waals surface area contributed by atoms with Crippen LogP contribution >= 0.6 is 11.3 Å². The van der Waals surface area contributed by atoms with Crippen LogP contribution in [0.4, 0.5) is 0 Å². The summed E-state index contributed by atoms with van der Waals surface area (Å²) in [6.07, 6.45) is 0.780. The van der Waals surface area contributed by atoms with Gasteiger partial charge in [0.1, 0.15) is 4.88 Å². The second kappa shape index (κ2) is 4.40. The molecule has 1 unspecified atom stereocenters. The van der Waals surface area contributed by atoms with Crippen LogP contribution in [0.2, 0.25) is 0 Å². The first kappa shape index (κ1) is 12.5. The van der Waals surface area contributed by atoms with Crippen LogP contribution in [0.5, 0.6) is 0 Å². The molecule has 94 valence electrons. The van der Waals surface area contributed by atoms with Crippen molar-refractivity contribution in [3.05, 3.63) is 21.4 Å². The minimum Gasteiger partial charge on any atom is -0.477 e. The molecule has 2 heterocycles. The van der Waals surface area contributed by atoms with E-state index >= 15 is 0 Å². The van der Waals surface area contributed by atoms with E-state index in [0.29, 0.717) is 11.4 Å². The first-order valence-electron chi connectivity index (χ1n) is 5.65. The molecular formula is C12H17NO3S. The first-order valence-corrected chi connectivity index (χ1v) is 6.46. The van der Waals surface area contributed by atoms with Crippen molar-refractivity contribution in [1.29, 1.82) is 0 Å². The van der Waals surface area contributed by atoms with E-state index in [4.69, 9.17) is 5.11 Å². The number of thiophene rings is 1. The summed E-state index contributed by atoms with van der Waals surface area (Å²) in [5, 5.41) is 18.8. The molecule has 0 aromatic carbocycles. The summed E-state index contributed by atoms with van der Waals surface area (Å²) in [6, 6.07) is 1.75. The Labute approximate surface area is 104 Å². The summed E-state index contributed by atoms with van der Waals surface area (Å²) in [4.78, 5) is 14.5. The van der Waals surface area contributed by atoms with Gasteiger partial charge in [-0.05, 0) is 31.9 Å². The van der Waals surface area contributed by atoms with Crippen LogP contribution in [0.1, 0.15) is 33.5 Å². The minimum atomic E-state index is -0.863. The first-order chi connectivity index (χ1) is 7.87. The van der Waals surface area contributed by atoms with Crippen LogP contribution in [-0.4, -0.2) is 39.8 Å². The van der Waals surface area contributed by atoms with Crippen molar-refractivity contribution in [2.45, 2.75) is 32.4 Å². The quantitative estimate of drug-likeness (QED) is 0.863. The average Bonchev–Trinajstić information content (AvgIpc) is 2.72. The van der Waals surface area contributed by atoms with Gasteiger partial charge < -0.3 is 10.2 Å². The van der Waals surface area contributed by atoms with Crippen LogP contribution < -0.4 is 0 Å². The standard InChI is InChI=1S/C12H17NO3S/c1-8-9(5-10(17-8)11(14)15)6-13-4-3-12(2,16)7-13/h5,16H,3-4,6-7H2,1-2H3,(H,14,15). The fraction of sp³-hybridized carbons (Fsp3) is 0.583. The number of β-amino-alcohol motifs (C(OH)–C–C–N with tert-alkyl or cyclic N) is 1. The normalized spacial score (nSPS) is 25.4. The SMILES string of the molecule is Cc1sc(C(=O)O)cc1CN1CCC(C)(O)C1. The fourth-order valence-electron chi connectivity index (χ4n) is 2.20. The Bertz CT molecular complexity index is 439. The van der Waals surface area contributed by atoms with Gasteiger partial charge in [-0.1, -0.05) is 0 Å². The maximum Gasteiger partial charge on any atom is 0.345 e. The molecule has 0 bridgehead atoms. The van der Waals surface area contributed by atoms with E-state index in [1.165, 1.54) is 11.3 Å². The predicted molar refractivity (Wildman–Crippen MR) is 66.5 cm³/mol. The zero-order chi connectivity index (χ0) is 12.6. The molecule has 17 heavy (non-hydrogen) atoms. The molecule has 0 radical (unpaired) electrons. The summed E-state index contributed by atoms with van der Waals surface area (Å²) in [5.41, 5.74) is 0.463. The van der Waals surface area contributed by atoms with E-state index in [2.05, 4.69) is 4.90 Å². The van der Waals surface area contributed by atoms with Gasteiger partial charge in [-0.25, -0.2) is 4.79 Å². The summed E-state index contributed by atoms with van der Waals surface area (Å²) in [5.74, 6) is -0.863. The van der Waals surface area contributed by atoms with E-state index in [0.717, 1.165) is 30.0 Å². The van der Waals surface area contributed by atoms with Gasteiger partial charge in [0.2, 0.25) is 0 Å². The molecular weight excluding hydrogens is 238 g/mol. The van der Waals surface area contributed by atoms with E-state index in [9.17, 15) is 9.90 Å². The zero-order valence-corrected chi connectivity index (χ0v) is 10.9. The molecule has 1 aromatic heterocycles. The summed E-state index contributed by atoms with van der Waals surface area (Å²) in [6.45, 7) is 6.04. The fourth-order valence-corrected chi connectivity index (χ4v) is 3.07. The lowest BCUT2D eigenvalue weighted by Crippen LogP contribution is -2.29. The van der Waals surface area contributed by atoms with E-state index in [1.54, 1.807) is 6.07 Å². The van der Waals surface area contributed by atoms with Crippen LogP contribution in [0.25, 0.3) is 0 Å². The van der Waals surface area contributed by atoms with Gasteiger partial charge >= 0.3 is 5.97 Å². The van der Waals surface area contributed by atoms with Gasteiger partial charge in [0.15, 0.2) is 0 Å². The Morgan fingerprint density at radius 3 is 2.82 bits per heavy atom. The van der Waals surface area contributed by atoms with Crippen molar-refractivity contribution in [2.75, 3.05) is 13.1 Å². The largest absolute Gasteiger partial charge is 0.477 e. The smallest absolute Gasteiger partial charge is 0.345 e. The maximum atomic E-state index is 10.9. The summed E-state index contributed by atoms with van der Waals surface area (Å²) >= 11 is 1.32. The van der Waals surface area contributed by atoms with Crippen LogP contribution in [0.15, 0.2) is 6.07 Å². The van der Waals surface area contributed by atoms with Gasteiger partial charge in [0, 0.05) is 24.5 Å². The molecule has 1 aliphatic heterocycles. The number of rotatable bonds is 3. The van der Waals surface area contributed by atoms with Crippen molar-refractivity contribution in [1.82, 2.24) is 4.90 Å². The number of hydrogen-bond acceptors (Lipinski definition) is 4. The van der Waals surface area contributed by atoms with E-state index in [1.807, 2.05) is 13.8 Å². The molecule has 1 fully saturated rings. The van der Waals surface area contributed by atoms with Crippen molar-refractivity contribution in [3.8, 4) is 0 Å². The Kier molecular flexibility index (Phi) is 3.25. The van der Waals surface area contributed by atoms with E-state index < -0.39 is 11.6 Å². The molecule has 0 amide bonds. The molecule has 5 heteroatoms. The third-order valence-corrected chi connectivity index (χ3v) is 4.24. The van der Waals surface area contributed by atoms with Crippen molar-refractivity contribution >= 4 is 17.3 Å². The molecule has 1 aromatic rings. The second-order valence-electron chi connectivity index (χ2n) is 4.95. The zero-order valence-electron chi connectivity index (χ0n) is 10.1. The Hall–Kier alpha value is -0.910. The third-order valence-electron chi connectivity index (χ3n) is 3.16. The number of hydrogen-bond donors (Lipinski definition) is 2. The minimum absolute atomic E-state index is 0.392. The van der Waals surface area contributed by atoms with Gasteiger partial charge in [0.25, 0.3) is 0 Å². The van der Waals surface area contributed by atoms with Gasteiger partial charge in [-0.3, -0.25) is 4.90 Å². The number of carboxylic acid groups (broad SMARTS) is 1. The summed E-state index contributed by atoms with van der Waals surface area (Å²) < 4.78 is 0. The maximum absolute atomic E-state index is 10.9. The highest BCUT2D eigenvalue weighted by Gasteiger charge is 2.31. The number of carbonyl (C=O) groups is 1. The van der Waals surface area contributed by atoms with E-state index in [-0.39, 0.29) is 0 Å². The highest BCUT2D eigenvalue weighted by molar-refractivity contribution is 7.14. The molecule has 2 rings (SSSR count). The van der Waals surface area contributed by atoms with Gasteiger partial charge in [0.05, 0.1) is 5.60 Å². The Morgan fingerprint density at radius 1 is 1.65 bits per heavy atom. The number of aryl methyl sites for hydroxylation is 1. The Morgan fingerprint density at radius 2 is 2.35 bits per heavy atom. The average molecular weight is 255 g/mol. The number of likely N-dealkylation sites (tertiary alicyclic amines) is 1. The summed E-state index contributed by atoms with van der Waals surface area (Å²) in [7, 11) is 0. The van der Waals surface area contributed by atoms with Crippen molar-refractivity contribution in [3.63, 3.8) is 0 Å². The van der Waals surface area contributed by atoms with Crippen molar-refractivity contribution in [2.24, 2.45) is 0 Å². The van der Waals surface area contributed by atoms with Crippen LogP contribution in [-0.2, 0) is 6.54 Å². The van der Waals surface area contributed by atoms with Crippen molar-refractivity contribution < 1.29 is 15.0 Å². The lowest BCUT2D eigenvalue weighted by molar-refractivity contribution is 0.0674. The number of aliphatic hydroxyl groups is 1. The molecule has 0 aliphatic carbocycles. The van der Waals surface area contributed by atoms with Gasteiger partial charge in [-0.15, -0.1) is 11.3 Å². The molecule has 1 saturated heterocycles. The molecule has 1 aliphatic rings. The third kappa shape index (κ3) is 2.86. The lowest BCUT2D eigenvalue weighted by atomic mass is 10.1. The number of carboxylic acids is 1. The highest BCUT2D eigenvalue weighted by atomic mass is 32.1.